The monoisotopic (exact) mass is 526 g/mol. The number of anilines is 6. The van der Waals surface area contributed by atoms with E-state index in [2.05, 4.69) is 63.2 Å². The lowest BCUT2D eigenvalue weighted by Crippen LogP contribution is -2.41. The van der Waals surface area contributed by atoms with Crippen molar-refractivity contribution in [2.45, 2.75) is 18.9 Å². The lowest BCUT2D eigenvalue weighted by molar-refractivity contribution is -0.111. The van der Waals surface area contributed by atoms with E-state index in [9.17, 15) is 4.79 Å². The highest BCUT2D eigenvalue weighted by Gasteiger charge is 2.23. The highest BCUT2D eigenvalue weighted by atomic mass is 16.5. The Bertz CT molecular complexity index is 1380. The summed E-state index contributed by atoms with van der Waals surface area (Å²) in [5.41, 5.74) is 4.13. The van der Waals surface area contributed by atoms with Crippen molar-refractivity contribution in [2.75, 3.05) is 61.3 Å². The van der Waals surface area contributed by atoms with Crippen molar-refractivity contribution in [3.63, 3.8) is 0 Å². The number of nitrogens with one attached hydrogen (secondary N) is 2. The molecule has 10 heteroatoms. The first kappa shape index (κ1) is 26.2. The highest BCUT2D eigenvalue weighted by Crippen LogP contribution is 2.37. The summed E-state index contributed by atoms with van der Waals surface area (Å²) in [5, 5.41) is 6.13. The number of rotatable bonds is 8. The average molecular weight is 527 g/mol. The Labute approximate surface area is 229 Å². The number of fused-ring (bicyclic) bond motifs is 1. The summed E-state index contributed by atoms with van der Waals surface area (Å²) in [4.78, 5) is 32.3. The first-order chi connectivity index (χ1) is 18.9. The summed E-state index contributed by atoms with van der Waals surface area (Å²) in [6, 6.07) is 14.4. The fourth-order valence-electron chi connectivity index (χ4n) is 4.94. The predicted octanol–water partition coefficient (Wildman–Crippen LogP) is 4.74. The third-order valence-corrected chi connectivity index (χ3v) is 7.10. The minimum absolute atomic E-state index is 0.264. The van der Waals surface area contributed by atoms with Crippen molar-refractivity contribution in [3.8, 4) is 5.75 Å². The largest absolute Gasteiger partial charge is 0.494 e. The second-order valence-electron chi connectivity index (χ2n) is 9.76. The summed E-state index contributed by atoms with van der Waals surface area (Å²) in [6.07, 6.45) is 7.04. The van der Waals surface area contributed by atoms with Crippen LogP contribution in [0.15, 0.2) is 66.3 Å². The van der Waals surface area contributed by atoms with E-state index in [0.717, 1.165) is 48.7 Å². The van der Waals surface area contributed by atoms with Gasteiger partial charge in [0.2, 0.25) is 11.9 Å². The molecule has 3 aromatic rings. The quantitative estimate of drug-likeness (QED) is 0.406. The molecule has 0 atom stereocenters. The number of amides is 1. The number of carbonyl (C=O) groups is 1. The van der Waals surface area contributed by atoms with E-state index < -0.39 is 0 Å². The van der Waals surface area contributed by atoms with E-state index in [0.29, 0.717) is 35.7 Å². The SMILES string of the molecule is C=CC(=O)Nc1cccc(N2CC=Nc3cnc(Nc4ccc(N5CCC(N(C)C)CC5)cc4OC)nc32)c1. The molecule has 0 radical (unpaired) electrons. The number of nitrogens with zero attached hydrogens (tertiary/aromatic N) is 6. The van der Waals surface area contributed by atoms with Crippen LogP contribution in [0.1, 0.15) is 12.8 Å². The van der Waals surface area contributed by atoms with Crippen LogP contribution in [0.4, 0.5) is 40.2 Å². The van der Waals surface area contributed by atoms with E-state index in [1.54, 1.807) is 13.3 Å². The fraction of sp³-hybridized carbons (Fsp3) is 0.310. The van der Waals surface area contributed by atoms with Gasteiger partial charge in [0.1, 0.15) is 11.4 Å². The van der Waals surface area contributed by atoms with Gasteiger partial charge in [0.15, 0.2) is 5.82 Å². The molecule has 2 aliphatic heterocycles. The summed E-state index contributed by atoms with van der Waals surface area (Å²) in [6.45, 7) is 6.08. The Morgan fingerprint density at radius 2 is 1.97 bits per heavy atom. The Morgan fingerprint density at radius 1 is 1.15 bits per heavy atom. The molecule has 3 heterocycles. The van der Waals surface area contributed by atoms with Gasteiger partial charge in [-0.15, -0.1) is 0 Å². The number of carbonyl (C=O) groups excluding carboxylic acids is 1. The molecule has 0 saturated carbocycles. The van der Waals surface area contributed by atoms with Crippen LogP contribution in [-0.4, -0.2) is 73.9 Å². The van der Waals surface area contributed by atoms with Crippen LogP contribution in [0.25, 0.3) is 0 Å². The molecule has 0 unspecified atom stereocenters. The zero-order valence-electron chi connectivity index (χ0n) is 22.6. The van der Waals surface area contributed by atoms with Crippen molar-refractivity contribution in [1.29, 1.82) is 0 Å². The summed E-state index contributed by atoms with van der Waals surface area (Å²) >= 11 is 0. The number of piperidine rings is 1. The van der Waals surface area contributed by atoms with Gasteiger partial charge in [0.25, 0.3) is 0 Å². The summed E-state index contributed by atoms with van der Waals surface area (Å²) < 4.78 is 5.74. The molecule has 1 saturated heterocycles. The minimum Gasteiger partial charge on any atom is -0.494 e. The van der Waals surface area contributed by atoms with Gasteiger partial charge in [-0.1, -0.05) is 12.6 Å². The van der Waals surface area contributed by atoms with Crippen LogP contribution in [0.3, 0.4) is 0 Å². The maximum Gasteiger partial charge on any atom is 0.247 e. The predicted molar refractivity (Wildman–Crippen MR) is 158 cm³/mol. The van der Waals surface area contributed by atoms with Crippen molar-refractivity contribution in [1.82, 2.24) is 14.9 Å². The molecular formula is C29H34N8O2. The van der Waals surface area contributed by atoms with Gasteiger partial charge in [0, 0.05) is 48.5 Å². The number of hydrogen-bond donors (Lipinski definition) is 2. The van der Waals surface area contributed by atoms with Crippen molar-refractivity contribution in [2.24, 2.45) is 4.99 Å². The Kier molecular flexibility index (Phi) is 7.74. The Morgan fingerprint density at radius 3 is 2.72 bits per heavy atom. The van der Waals surface area contributed by atoms with Crippen molar-refractivity contribution < 1.29 is 9.53 Å². The Balaban J connectivity index is 1.36. The number of aliphatic imine (C=N–C) groups is 1. The molecule has 1 amide bonds. The highest BCUT2D eigenvalue weighted by molar-refractivity contribution is 5.99. The van der Waals surface area contributed by atoms with Gasteiger partial charge in [0.05, 0.1) is 25.5 Å². The number of methoxy groups -OCH3 is 1. The van der Waals surface area contributed by atoms with E-state index in [4.69, 9.17) is 9.72 Å². The first-order valence-electron chi connectivity index (χ1n) is 13.0. The number of benzene rings is 2. The van der Waals surface area contributed by atoms with Crippen LogP contribution in [0, 0.1) is 0 Å². The van der Waals surface area contributed by atoms with Crippen molar-refractivity contribution in [3.05, 3.63) is 61.3 Å². The fourth-order valence-corrected chi connectivity index (χ4v) is 4.94. The molecule has 0 bridgehead atoms. The number of hydrogen-bond acceptors (Lipinski definition) is 9. The topological polar surface area (TPSA) is 98.2 Å². The smallest absolute Gasteiger partial charge is 0.247 e. The molecule has 10 nitrogen and oxygen atoms in total. The molecule has 1 fully saturated rings. The van der Waals surface area contributed by atoms with Gasteiger partial charge in [-0.3, -0.25) is 9.79 Å². The standard InChI is InChI=1S/C29H34N8O2/c1-5-27(38)32-20-7-6-8-23(17-20)37-16-13-30-25-19-31-29(34-28(25)37)33-24-10-9-22(18-26(24)39-4)36-14-11-21(12-15-36)35(2)3/h5-10,13,17-19,21H,1,11-12,14-16H2,2-4H3,(H,32,38)(H,31,33,34). The van der Waals surface area contributed by atoms with Gasteiger partial charge in [-0.2, -0.15) is 4.98 Å². The number of aromatic nitrogens is 2. The second kappa shape index (κ2) is 11.5. The maximum atomic E-state index is 11.8. The lowest BCUT2D eigenvalue weighted by atomic mass is 10.0. The number of ether oxygens (including phenoxy) is 1. The molecule has 5 rings (SSSR count). The van der Waals surface area contributed by atoms with Crippen LogP contribution in [-0.2, 0) is 4.79 Å². The van der Waals surface area contributed by atoms with Crippen LogP contribution < -0.4 is 25.2 Å². The Hall–Kier alpha value is -4.44. The normalized spacial score (nSPS) is 15.2. The molecule has 2 aliphatic rings. The van der Waals surface area contributed by atoms with E-state index in [-0.39, 0.29) is 5.91 Å². The molecule has 39 heavy (non-hydrogen) atoms. The van der Waals surface area contributed by atoms with Crippen molar-refractivity contribution >= 4 is 52.3 Å². The minimum atomic E-state index is -0.264. The molecule has 0 spiro atoms. The average Bonchev–Trinajstić information content (AvgIpc) is 2.97. The van der Waals surface area contributed by atoms with E-state index in [1.807, 2.05) is 41.4 Å². The zero-order valence-corrected chi connectivity index (χ0v) is 22.6. The third kappa shape index (κ3) is 5.85. The van der Waals surface area contributed by atoms with Gasteiger partial charge >= 0.3 is 0 Å². The molecule has 202 valence electrons. The summed E-state index contributed by atoms with van der Waals surface area (Å²) in [7, 11) is 5.98. The molecule has 0 aliphatic carbocycles. The zero-order chi connectivity index (χ0) is 27.4. The van der Waals surface area contributed by atoms with Crippen LogP contribution >= 0.6 is 0 Å². The lowest BCUT2D eigenvalue weighted by Gasteiger charge is -2.36. The molecule has 2 N–H and O–H groups in total. The summed E-state index contributed by atoms with van der Waals surface area (Å²) in [5.74, 6) is 1.56. The second-order valence-corrected chi connectivity index (χ2v) is 9.76. The van der Waals surface area contributed by atoms with Gasteiger partial charge < -0.3 is 30.1 Å². The molecule has 2 aromatic carbocycles. The van der Waals surface area contributed by atoms with Gasteiger partial charge in [-0.25, -0.2) is 4.98 Å². The van der Waals surface area contributed by atoms with E-state index in [1.165, 1.54) is 6.08 Å². The van der Waals surface area contributed by atoms with E-state index >= 15 is 0 Å². The van der Waals surface area contributed by atoms with Crippen LogP contribution in [0.2, 0.25) is 0 Å². The third-order valence-electron chi connectivity index (χ3n) is 7.10. The first-order valence-corrected chi connectivity index (χ1v) is 13.0. The maximum absolute atomic E-state index is 11.8. The molecular weight excluding hydrogens is 492 g/mol. The van der Waals surface area contributed by atoms with Crippen LogP contribution in [0.5, 0.6) is 5.75 Å². The van der Waals surface area contributed by atoms with Gasteiger partial charge in [-0.05, 0) is 63.3 Å². The molecule has 1 aromatic heterocycles.